The number of alkyl halides is 3. The monoisotopic (exact) mass is 262 g/mol. The maximum atomic E-state index is 12.4. The van der Waals surface area contributed by atoms with Crippen LogP contribution >= 0.6 is 0 Å². The van der Waals surface area contributed by atoms with Crippen molar-refractivity contribution in [2.24, 2.45) is 5.73 Å². The summed E-state index contributed by atoms with van der Waals surface area (Å²) in [6, 6.07) is 3.79. The Bertz CT molecular complexity index is 474. The molecule has 1 atom stereocenters. The number of rotatable bonds is 4. The van der Waals surface area contributed by atoms with Gasteiger partial charge in [0.1, 0.15) is 5.92 Å². The molecule has 18 heavy (non-hydrogen) atoms. The van der Waals surface area contributed by atoms with E-state index >= 15 is 0 Å². The molecule has 8 heteroatoms. The molecule has 0 aliphatic rings. The molecule has 0 heterocycles. The van der Waals surface area contributed by atoms with E-state index < -0.39 is 35.0 Å². The third-order valence-corrected chi connectivity index (χ3v) is 2.29. The molecule has 0 aromatic heterocycles. The lowest BCUT2D eigenvalue weighted by Crippen LogP contribution is -2.27. The third kappa shape index (κ3) is 3.44. The van der Waals surface area contributed by atoms with E-state index in [0.717, 1.165) is 12.1 Å². The number of amides is 1. The largest absolute Gasteiger partial charge is 0.416 e. The van der Waals surface area contributed by atoms with Crippen LogP contribution in [0.1, 0.15) is 17.0 Å². The topological polar surface area (TPSA) is 86.2 Å². The Kier molecular flexibility index (Phi) is 3.89. The molecule has 0 saturated heterocycles. The molecule has 1 aromatic carbocycles. The second-order valence-corrected chi connectivity index (χ2v) is 3.59. The molecule has 0 spiro atoms. The van der Waals surface area contributed by atoms with Crippen LogP contribution in [0, 0.1) is 10.1 Å². The lowest BCUT2D eigenvalue weighted by atomic mass is 9.96. The lowest BCUT2D eigenvalue weighted by Gasteiger charge is -2.12. The van der Waals surface area contributed by atoms with E-state index in [4.69, 9.17) is 5.73 Å². The molecule has 1 unspecified atom stereocenters. The van der Waals surface area contributed by atoms with Crippen molar-refractivity contribution >= 4 is 5.91 Å². The number of carbonyl (C=O) groups is 1. The molecule has 98 valence electrons. The Balaban J connectivity index is 3.13. The average molecular weight is 262 g/mol. The third-order valence-electron chi connectivity index (χ3n) is 2.29. The molecular formula is C10H9F3N2O3. The van der Waals surface area contributed by atoms with Crippen molar-refractivity contribution in [3.8, 4) is 0 Å². The zero-order valence-corrected chi connectivity index (χ0v) is 8.98. The van der Waals surface area contributed by atoms with Crippen LogP contribution in [0.25, 0.3) is 0 Å². The number of primary amides is 1. The molecule has 1 amide bonds. The first-order valence-corrected chi connectivity index (χ1v) is 4.80. The molecule has 0 bridgehead atoms. The second kappa shape index (κ2) is 5.03. The first-order valence-electron chi connectivity index (χ1n) is 4.80. The SMILES string of the molecule is NC(=O)C(C[N+](=O)[O-])c1cccc(C(F)(F)F)c1. The van der Waals surface area contributed by atoms with E-state index in [1.165, 1.54) is 6.07 Å². The minimum absolute atomic E-state index is 0.117. The zero-order chi connectivity index (χ0) is 13.9. The molecule has 5 nitrogen and oxygen atoms in total. The molecule has 2 N–H and O–H groups in total. The van der Waals surface area contributed by atoms with Gasteiger partial charge in [-0.05, 0) is 11.6 Å². The van der Waals surface area contributed by atoms with Crippen molar-refractivity contribution < 1.29 is 22.9 Å². The van der Waals surface area contributed by atoms with E-state index in [1.54, 1.807) is 0 Å². The van der Waals surface area contributed by atoms with Crippen molar-refractivity contribution in [3.63, 3.8) is 0 Å². The van der Waals surface area contributed by atoms with Crippen LogP contribution in [-0.4, -0.2) is 17.4 Å². The summed E-state index contributed by atoms with van der Waals surface area (Å²) in [5.41, 5.74) is 3.86. The smallest absolute Gasteiger partial charge is 0.369 e. The van der Waals surface area contributed by atoms with Gasteiger partial charge in [-0.2, -0.15) is 13.2 Å². The summed E-state index contributed by atoms with van der Waals surface area (Å²) in [7, 11) is 0. The summed E-state index contributed by atoms with van der Waals surface area (Å²) < 4.78 is 37.3. The summed E-state index contributed by atoms with van der Waals surface area (Å²) in [6.07, 6.45) is -4.58. The van der Waals surface area contributed by atoms with Gasteiger partial charge in [-0.25, -0.2) is 0 Å². The quantitative estimate of drug-likeness (QED) is 0.659. The van der Waals surface area contributed by atoms with Gasteiger partial charge in [-0.3, -0.25) is 14.9 Å². The predicted octanol–water partition coefficient (Wildman–Crippen LogP) is 1.55. The highest BCUT2D eigenvalue weighted by atomic mass is 19.4. The van der Waals surface area contributed by atoms with Gasteiger partial charge in [0.05, 0.1) is 5.56 Å². The maximum Gasteiger partial charge on any atom is 0.416 e. The molecule has 1 rings (SSSR count). The highest BCUT2D eigenvalue weighted by Crippen LogP contribution is 2.31. The minimum atomic E-state index is -4.58. The fourth-order valence-corrected chi connectivity index (χ4v) is 1.44. The number of nitrogens with zero attached hydrogens (tertiary/aromatic N) is 1. The Morgan fingerprint density at radius 2 is 2.06 bits per heavy atom. The van der Waals surface area contributed by atoms with Gasteiger partial charge >= 0.3 is 6.18 Å². The van der Waals surface area contributed by atoms with Crippen LogP contribution in [0.4, 0.5) is 13.2 Å². The molecule has 0 aliphatic heterocycles. The molecule has 1 aromatic rings. The number of nitro groups is 1. The van der Waals surface area contributed by atoms with Gasteiger partial charge in [0, 0.05) is 4.92 Å². The van der Waals surface area contributed by atoms with Gasteiger partial charge in [0.25, 0.3) is 0 Å². The summed E-state index contributed by atoms with van der Waals surface area (Å²) >= 11 is 0. The normalized spacial score (nSPS) is 13.1. The highest BCUT2D eigenvalue weighted by Gasteiger charge is 2.32. The van der Waals surface area contributed by atoms with Crippen molar-refractivity contribution in [2.75, 3.05) is 6.54 Å². The van der Waals surface area contributed by atoms with Crippen LogP contribution in [0.15, 0.2) is 24.3 Å². The van der Waals surface area contributed by atoms with Crippen LogP contribution in [0.2, 0.25) is 0 Å². The molecular weight excluding hydrogens is 253 g/mol. The molecule has 0 fully saturated rings. The lowest BCUT2D eigenvalue weighted by molar-refractivity contribution is -0.481. The summed E-state index contributed by atoms with van der Waals surface area (Å²) in [4.78, 5) is 20.6. The number of halogens is 3. The number of nitrogens with two attached hydrogens (primary N) is 1. The van der Waals surface area contributed by atoms with Crippen LogP contribution < -0.4 is 5.73 Å². The van der Waals surface area contributed by atoms with Gasteiger partial charge in [0.15, 0.2) is 0 Å². The fraction of sp³-hybridized carbons (Fsp3) is 0.300. The van der Waals surface area contributed by atoms with E-state index in [0.29, 0.717) is 6.07 Å². The maximum absolute atomic E-state index is 12.4. The Morgan fingerprint density at radius 1 is 1.44 bits per heavy atom. The van der Waals surface area contributed by atoms with Crippen molar-refractivity contribution in [3.05, 3.63) is 45.5 Å². The fourth-order valence-electron chi connectivity index (χ4n) is 1.44. The van der Waals surface area contributed by atoms with E-state index in [1.807, 2.05) is 0 Å². The van der Waals surface area contributed by atoms with Crippen LogP contribution in [0.3, 0.4) is 0 Å². The first kappa shape index (κ1) is 13.9. The summed E-state index contributed by atoms with van der Waals surface area (Å²) in [5.74, 6) is -2.41. The van der Waals surface area contributed by atoms with Crippen LogP contribution in [-0.2, 0) is 11.0 Å². The van der Waals surface area contributed by atoms with Crippen molar-refractivity contribution in [1.29, 1.82) is 0 Å². The van der Waals surface area contributed by atoms with E-state index in [9.17, 15) is 28.1 Å². The zero-order valence-electron chi connectivity index (χ0n) is 8.98. The summed E-state index contributed by atoms with van der Waals surface area (Å²) in [5, 5.41) is 10.3. The average Bonchev–Trinajstić information content (AvgIpc) is 2.24. The predicted molar refractivity (Wildman–Crippen MR) is 55.2 cm³/mol. The number of carbonyl (C=O) groups excluding carboxylic acids is 1. The van der Waals surface area contributed by atoms with Gasteiger partial charge in [0.2, 0.25) is 12.5 Å². The van der Waals surface area contributed by atoms with Crippen molar-refractivity contribution in [1.82, 2.24) is 0 Å². The van der Waals surface area contributed by atoms with E-state index in [2.05, 4.69) is 0 Å². The first-order chi connectivity index (χ1) is 8.21. The highest BCUT2D eigenvalue weighted by molar-refractivity contribution is 5.82. The Hall–Kier alpha value is -2.12. The van der Waals surface area contributed by atoms with Crippen LogP contribution in [0.5, 0.6) is 0 Å². The minimum Gasteiger partial charge on any atom is -0.369 e. The standard InChI is InChI=1S/C10H9F3N2O3/c11-10(12,13)7-3-1-2-6(4-7)8(9(14)16)5-15(17)18/h1-4,8H,5H2,(H2,14,16). The summed E-state index contributed by atoms with van der Waals surface area (Å²) in [6.45, 7) is -0.837. The number of benzene rings is 1. The second-order valence-electron chi connectivity index (χ2n) is 3.59. The van der Waals surface area contributed by atoms with Gasteiger partial charge < -0.3 is 5.73 Å². The molecule has 0 aliphatic carbocycles. The Labute approximate surface area is 99.5 Å². The van der Waals surface area contributed by atoms with Gasteiger partial charge in [-0.15, -0.1) is 0 Å². The molecule has 0 saturated carbocycles. The number of hydrogen-bond donors (Lipinski definition) is 1. The molecule has 0 radical (unpaired) electrons. The van der Waals surface area contributed by atoms with Gasteiger partial charge in [-0.1, -0.05) is 18.2 Å². The van der Waals surface area contributed by atoms with Crippen molar-refractivity contribution in [2.45, 2.75) is 12.1 Å². The Morgan fingerprint density at radius 3 is 2.50 bits per heavy atom. The van der Waals surface area contributed by atoms with E-state index in [-0.39, 0.29) is 5.56 Å². The number of hydrogen-bond acceptors (Lipinski definition) is 3.